The maximum atomic E-state index is 11.5. The molecule has 1 rings (SSSR count). The number of halogens is 1. The zero-order valence-corrected chi connectivity index (χ0v) is 10.2. The number of anilines is 1. The number of hydrogen-bond acceptors (Lipinski definition) is 2. The van der Waals surface area contributed by atoms with Crippen LogP contribution in [0.4, 0.5) is 10.5 Å². The Morgan fingerprint density at radius 1 is 1.41 bits per heavy atom. The van der Waals surface area contributed by atoms with E-state index >= 15 is 0 Å². The summed E-state index contributed by atoms with van der Waals surface area (Å²) in [6.07, 6.45) is 0. The summed E-state index contributed by atoms with van der Waals surface area (Å²) < 4.78 is 0. The van der Waals surface area contributed by atoms with E-state index in [1.165, 1.54) is 6.92 Å². The van der Waals surface area contributed by atoms with Crippen LogP contribution in [0.3, 0.4) is 0 Å². The minimum Gasteiger partial charge on any atom is -0.480 e. The highest BCUT2D eigenvalue weighted by molar-refractivity contribution is 6.31. The molecule has 0 fully saturated rings. The number of hydrogen-bond donors (Lipinski definition) is 3. The van der Waals surface area contributed by atoms with Crippen molar-refractivity contribution in [2.24, 2.45) is 0 Å². The van der Waals surface area contributed by atoms with Gasteiger partial charge in [-0.2, -0.15) is 0 Å². The van der Waals surface area contributed by atoms with Crippen LogP contribution in [0.5, 0.6) is 0 Å². The normalized spacial score (nSPS) is 11.7. The zero-order chi connectivity index (χ0) is 13.0. The fraction of sp³-hybridized carbons (Fsp3) is 0.273. The van der Waals surface area contributed by atoms with E-state index in [9.17, 15) is 9.59 Å². The van der Waals surface area contributed by atoms with E-state index < -0.39 is 18.0 Å². The van der Waals surface area contributed by atoms with Crippen LogP contribution in [0.2, 0.25) is 5.02 Å². The van der Waals surface area contributed by atoms with Crippen LogP contribution in [0.1, 0.15) is 12.5 Å². The first kappa shape index (κ1) is 13.3. The lowest BCUT2D eigenvalue weighted by molar-refractivity contribution is -0.138. The standard InChI is InChI=1S/C11H13ClN2O3/c1-6-8(12)4-3-5-9(6)14-11(17)13-7(2)10(15)16/h3-5,7H,1-2H3,(H,15,16)(H2,13,14,17)/t7-/m0/s1. The second-order valence-corrected chi connectivity index (χ2v) is 3.98. The van der Waals surface area contributed by atoms with Gasteiger partial charge in [0.1, 0.15) is 6.04 Å². The number of carbonyl (C=O) groups is 2. The summed E-state index contributed by atoms with van der Waals surface area (Å²) in [5.41, 5.74) is 1.28. The van der Waals surface area contributed by atoms with Gasteiger partial charge in [0.05, 0.1) is 0 Å². The summed E-state index contributed by atoms with van der Waals surface area (Å²) in [4.78, 5) is 22.0. The van der Waals surface area contributed by atoms with Crippen molar-refractivity contribution in [3.05, 3.63) is 28.8 Å². The van der Waals surface area contributed by atoms with Crippen molar-refractivity contribution in [2.45, 2.75) is 19.9 Å². The Hall–Kier alpha value is -1.75. The van der Waals surface area contributed by atoms with Crippen molar-refractivity contribution in [1.29, 1.82) is 0 Å². The summed E-state index contributed by atoms with van der Waals surface area (Å²) in [7, 11) is 0. The molecule has 92 valence electrons. The van der Waals surface area contributed by atoms with Crippen LogP contribution in [0, 0.1) is 6.92 Å². The van der Waals surface area contributed by atoms with Gasteiger partial charge in [-0.05, 0) is 31.5 Å². The fourth-order valence-electron chi connectivity index (χ4n) is 1.16. The molecular weight excluding hydrogens is 244 g/mol. The summed E-state index contributed by atoms with van der Waals surface area (Å²) in [5, 5.41) is 14.0. The second-order valence-electron chi connectivity index (χ2n) is 3.57. The Bertz CT molecular complexity index is 448. The van der Waals surface area contributed by atoms with Gasteiger partial charge in [-0.3, -0.25) is 4.79 Å². The number of carboxylic acid groups (broad SMARTS) is 1. The number of benzene rings is 1. The van der Waals surface area contributed by atoms with Crippen LogP contribution in [-0.2, 0) is 4.79 Å². The number of rotatable bonds is 3. The second kappa shape index (κ2) is 5.54. The molecule has 0 saturated carbocycles. The number of carbonyl (C=O) groups excluding carboxylic acids is 1. The molecule has 0 aromatic heterocycles. The lowest BCUT2D eigenvalue weighted by atomic mass is 10.2. The average Bonchev–Trinajstić information content (AvgIpc) is 2.24. The molecule has 0 aliphatic heterocycles. The van der Waals surface area contributed by atoms with Gasteiger partial charge in [-0.25, -0.2) is 4.79 Å². The Morgan fingerprint density at radius 2 is 2.06 bits per heavy atom. The molecule has 6 heteroatoms. The first-order valence-corrected chi connectivity index (χ1v) is 5.35. The maximum Gasteiger partial charge on any atom is 0.325 e. The third-order valence-electron chi connectivity index (χ3n) is 2.23. The van der Waals surface area contributed by atoms with Crippen molar-refractivity contribution in [2.75, 3.05) is 5.32 Å². The topological polar surface area (TPSA) is 78.4 Å². The van der Waals surface area contributed by atoms with Crippen LogP contribution in [-0.4, -0.2) is 23.1 Å². The number of aliphatic carboxylic acids is 1. The van der Waals surface area contributed by atoms with E-state index in [4.69, 9.17) is 16.7 Å². The Kier molecular flexibility index (Phi) is 4.34. The molecule has 0 spiro atoms. The first-order valence-electron chi connectivity index (χ1n) is 4.97. The zero-order valence-electron chi connectivity index (χ0n) is 9.45. The monoisotopic (exact) mass is 256 g/mol. The van der Waals surface area contributed by atoms with E-state index in [1.54, 1.807) is 25.1 Å². The Balaban J connectivity index is 2.69. The molecule has 0 aliphatic rings. The quantitative estimate of drug-likeness (QED) is 0.776. The molecule has 1 atom stereocenters. The van der Waals surface area contributed by atoms with Gasteiger partial charge in [0.2, 0.25) is 0 Å². The predicted molar refractivity (Wildman–Crippen MR) is 65.4 cm³/mol. The molecule has 0 aliphatic carbocycles. The van der Waals surface area contributed by atoms with Gasteiger partial charge in [-0.1, -0.05) is 17.7 Å². The molecule has 0 bridgehead atoms. The number of nitrogens with one attached hydrogen (secondary N) is 2. The molecule has 0 unspecified atom stereocenters. The molecule has 17 heavy (non-hydrogen) atoms. The van der Waals surface area contributed by atoms with Crippen molar-refractivity contribution in [3.8, 4) is 0 Å². The van der Waals surface area contributed by atoms with Crippen LogP contribution < -0.4 is 10.6 Å². The predicted octanol–water partition coefficient (Wildman–Crippen LogP) is 2.24. The summed E-state index contributed by atoms with van der Waals surface area (Å²) in [6.45, 7) is 3.14. The largest absolute Gasteiger partial charge is 0.480 e. The van der Waals surface area contributed by atoms with Crippen LogP contribution >= 0.6 is 11.6 Å². The highest BCUT2D eigenvalue weighted by Crippen LogP contribution is 2.22. The fourth-order valence-corrected chi connectivity index (χ4v) is 1.33. The Morgan fingerprint density at radius 3 is 2.65 bits per heavy atom. The molecular formula is C11H13ClN2O3. The molecule has 0 heterocycles. The van der Waals surface area contributed by atoms with E-state index in [1.807, 2.05) is 0 Å². The van der Waals surface area contributed by atoms with E-state index in [0.717, 1.165) is 5.56 Å². The maximum absolute atomic E-state index is 11.5. The van der Waals surface area contributed by atoms with E-state index in [0.29, 0.717) is 10.7 Å². The van der Waals surface area contributed by atoms with Crippen molar-refractivity contribution in [1.82, 2.24) is 5.32 Å². The smallest absolute Gasteiger partial charge is 0.325 e. The van der Waals surface area contributed by atoms with Gasteiger partial charge in [-0.15, -0.1) is 0 Å². The van der Waals surface area contributed by atoms with Crippen LogP contribution in [0.15, 0.2) is 18.2 Å². The van der Waals surface area contributed by atoms with Crippen LogP contribution in [0.25, 0.3) is 0 Å². The molecule has 0 radical (unpaired) electrons. The summed E-state index contributed by atoms with van der Waals surface area (Å²) in [5.74, 6) is -1.09. The molecule has 2 amide bonds. The number of amides is 2. The Labute approximate surface area is 104 Å². The van der Waals surface area contributed by atoms with Crippen molar-refractivity contribution >= 4 is 29.3 Å². The van der Waals surface area contributed by atoms with Gasteiger partial charge in [0.25, 0.3) is 0 Å². The van der Waals surface area contributed by atoms with Gasteiger partial charge < -0.3 is 15.7 Å². The lowest BCUT2D eigenvalue weighted by Crippen LogP contribution is -2.40. The number of urea groups is 1. The van der Waals surface area contributed by atoms with Gasteiger partial charge in [0.15, 0.2) is 0 Å². The highest BCUT2D eigenvalue weighted by atomic mass is 35.5. The first-order chi connectivity index (χ1) is 7.91. The summed E-state index contributed by atoms with van der Waals surface area (Å²) >= 11 is 5.89. The SMILES string of the molecule is Cc1c(Cl)cccc1NC(=O)N[C@@H](C)C(=O)O. The lowest BCUT2D eigenvalue weighted by Gasteiger charge is -2.12. The van der Waals surface area contributed by atoms with E-state index in [2.05, 4.69) is 10.6 Å². The third kappa shape index (κ3) is 3.64. The highest BCUT2D eigenvalue weighted by Gasteiger charge is 2.14. The average molecular weight is 257 g/mol. The molecule has 0 saturated heterocycles. The van der Waals surface area contributed by atoms with Crippen molar-refractivity contribution < 1.29 is 14.7 Å². The minimum atomic E-state index is -1.09. The molecule has 1 aromatic rings. The van der Waals surface area contributed by atoms with Crippen molar-refractivity contribution in [3.63, 3.8) is 0 Å². The summed E-state index contributed by atoms with van der Waals surface area (Å²) in [6, 6.07) is 3.57. The molecule has 1 aromatic carbocycles. The number of carboxylic acids is 1. The van der Waals surface area contributed by atoms with Gasteiger partial charge >= 0.3 is 12.0 Å². The van der Waals surface area contributed by atoms with E-state index in [-0.39, 0.29) is 0 Å². The molecule has 3 N–H and O–H groups in total. The minimum absolute atomic E-state index is 0.536. The third-order valence-corrected chi connectivity index (χ3v) is 2.64. The molecule has 5 nitrogen and oxygen atoms in total. The van der Waals surface area contributed by atoms with Gasteiger partial charge in [0, 0.05) is 10.7 Å².